The first kappa shape index (κ1) is 22.5. The zero-order valence-corrected chi connectivity index (χ0v) is 17.1. The van der Waals surface area contributed by atoms with Crippen LogP contribution in [0.5, 0.6) is 0 Å². The number of aryl methyl sites for hydroxylation is 1. The molecular formula is C17H28ClN5S. The van der Waals surface area contributed by atoms with Gasteiger partial charge in [-0.25, -0.2) is 4.98 Å². The van der Waals surface area contributed by atoms with E-state index in [1.54, 1.807) is 18.1 Å². The molecule has 0 atom stereocenters. The SMILES string of the molecule is C=C(SC(=NC)c1ncn(C)n1)/C(C)=C/CN(C)C(=C)CCl.CC. The van der Waals surface area contributed by atoms with Crippen molar-refractivity contribution in [1.29, 1.82) is 0 Å². The zero-order valence-electron chi connectivity index (χ0n) is 15.5. The molecule has 0 fully saturated rings. The van der Waals surface area contributed by atoms with E-state index in [0.717, 1.165) is 27.8 Å². The van der Waals surface area contributed by atoms with Crippen molar-refractivity contribution in [3.8, 4) is 0 Å². The van der Waals surface area contributed by atoms with Crippen LogP contribution in [-0.2, 0) is 7.05 Å². The average molecular weight is 370 g/mol. The summed E-state index contributed by atoms with van der Waals surface area (Å²) in [5.74, 6) is 1.04. The molecule has 0 N–H and O–H groups in total. The molecule has 1 aromatic rings. The third-order valence-electron chi connectivity index (χ3n) is 3.02. The summed E-state index contributed by atoms with van der Waals surface area (Å²) in [4.78, 5) is 11.4. The molecule has 0 aliphatic heterocycles. The number of hydrogen-bond acceptors (Lipinski definition) is 5. The van der Waals surface area contributed by atoms with Crippen LogP contribution in [0.3, 0.4) is 0 Å². The summed E-state index contributed by atoms with van der Waals surface area (Å²) in [6.07, 6.45) is 3.74. The lowest BCUT2D eigenvalue weighted by atomic mass is 10.2. The minimum absolute atomic E-state index is 0.428. The Morgan fingerprint density at radius 1 is 1.46 bits per heavy atom. The fourth-order valence-corrected chi connectivity index (χ4v) is 2.40. The van der Waals surface area contributed by atoms with Gasteiger partial charge in [-0.3, -0.25) is 9.67 Å². The van der Waals surface area contributed by atoms with Crippen molar-refractivity contribution < 1.29 is 0 Å². The summed E-state index contributed by atoms with van der Waals surface area (Å²) in [6, 6.07) is 0. The van der Waals surface area contributed by atoms with Crippen LogP contribution in [0.15, 0.2) is 46.7 Å². The molecule has 134 valence electrons. The van der Waals surface area contributed by atoms with E-state index in [0.29, 0.717) is 11.7 Å². The molecule has 1 aromatic heterocycles. The van der Waals surface area contributed by atoms with Crippen LogP contribution in [0, 0.1) is 0 Å². The smallest absolute Gasteiger partial charge is 0.206 e. The molecule has 0 radical (unpaired) electrons. The van der Waals surface area contributed by atoms with E-state index >= 15 is 0 Å². The predicted molar refractivity (Wildman–Crippen MR) is 108 cm³/mol. The van der Waals surface area contributed by atoms with Crippen molar-refractivity contribution >= 4 is 28.4 Å². The van der Waals surface area contributed by atoms with E-state index in [2.05, 4.69) is 34.3 Å². The second kappa shape index (κ2) is 11.9. The van der Waals surface area contributed by atoms with Gasteiger partial charge in [0.2, 0.25) is 5.82 Å². The molecule has 0 saturated heterocycles. The van der Waals surface area contributed by atoms with Crippen LogP contribution < -0.4 is 0 Å². The average Bonchev–Trinajstić information content (AvgIpc) is 3.03. The van der Waals surface area contributed by atoms with Gasteiger partial charge in [0.15, 0.2) is 0 Å². The zero-order chi connectivity index (χ0) is 18.7. The number of rotatable bonds is 7. The molecule has 0 spiro atoms. The van der Waals surface area contributed by atoms with Crippen molar-refractivity contribution in [2.24, 2.45) is 12.0 Å². The van der Waals surface area contributed by atoms with Gasteiger partial charge in [-0.05, 0) is 12.5 Å². The highest BCUT2D eigenvalue weighted by Crippen LogP contribution is 2.25. The molecule has 1 heterocycles. The number of alkyl halides is 1. The Labute approximate surface area is 155 Å². The maximum Gasteiger partial charge on any atom is 0.206 e. The highest BCUT2D eigenvalue weighted by molar-refractivity contribution is 8.17. The maximum atomic E-state index is 5.77. The summed E-state index contributed by atoms with van der Waals surface area (Å²) in [5, 5.41) is 5.01. The third kappa shape index (κ3) is 7.36. The Bertz CT molecular complexity index is 604. The second-order valence-electron chi connectivity index (χ2n) is 4.76. The normalized spacial score (nSPS) is 11.6. The molecule has 5 nitrogen and oxygen atoms in total. The largest absolute Gasteiger partial charge is 0.374 e. The molecule has 0 aliphatic carbocycles. The number of halogens is 1. The molecule has 0 aromatic carbocycles. The molecule has 0 saturated carbocycles. The van der Waals surface area contributed by atoms with Gasteiger partial charge >= 0.3 is 0 Å². The van der Waals surface area contributed by atoms with E-state index in [1.807, 2.05) is 39.8 Å². The van der Waals surface area contributed by atoms with E-state index in [9.17, 15) is 0 Å². The summed E-state index contributed by atoms with van der Waals surface area (Å²) in [6.45, 7) is 14.8. The van der Waals surface area contributed by atoms with Gasteiger partial charge in [-0.1, -0.05) is 44.8 Å². The highest BCUT2D eigenvalue weighted by atomic mass is 35.5. The van der Waals surface area contributed by atoms with Gasteiger partial charge in [0, 0.05) is 38.3 Å². The van der Waals surface area contributed by atoms with Gasteiger partial charge in [0.25, 0.3) is 0 Å². The summed E-state index contributed by atoms with van der Waals surface area (Å²) in [5.41, 5.74) is 1.97. The van der Waals surface area contributed by atoms with Crippen LogP contribution in [0.2, 0.25) is 0 Å². The highest BCUT2D eigenvalue weighted by Gasteiger charge is 2.11. The number of nitrogens with zero attached hydrogens (tertiary/aromatic N) is 5. The first-order chi connectivity index (χ1) is 11.4. The predicted octanol–water partition coefficient (Wildman–Crippen LogP) is 4.10. The van der Waals surface area contributed by atoms with Crippen LogP contribution in [0.4, 0.5) is 0 Å². The van der Waals surface area contributed by atoms with Gasteiger partial charge in [0.1, 0.15) is 11.4 Å². The van der Waals surface area contributed by atoms with Gasteiger partial charge in [-0.2, -0.15) is 0 Å². The molecular weight excluding hydrogens is 342 g/mol. The first-order valence-electron chi connectivity index (χ1n) is 7.70. The fourth-order valence-electron chi connectivity index (χ4n) is 1.44. The van der Waals surface area contributed by atoms with E-state index in [-0.39, 0.29) is 0 Å². The number of thioether (sulfide) groups is 1. The van der Waals surface area contributed by atoms with Gasteiger partial charge in [0.05, 0.1) is 5.88 Å². The first-order valence-corrected chi connectivity index (χ1v) is 9.05. The quantitative estimate of drug-likeness (QED) is 0.314. The van der Waals surface area contributed by atoms with Crippen molar-refractivity contribution in [2.45, 2.75) is 20.8 Å². The number of hydrogen-bond donors (Lipinski definition) is 0. The number of likely N-dealkylation sites (N-methyl/N-ethyl adjacent to an activating group) is 1. The van der Waals surface area contributed by atoms with Crippen molar-refractivity contribution in [3.05, 3.63) is 47.6 Å². The summed E-state index contributed by atoms with van der Waals surface area (Å²) < 4.78 is 1.65. The third-order valence-corrected chi connectivity index (χ3v) is 4.45. The van der Waals surface area contributed by atoms with Crippen LogP contribution in [0.25, 0.3) is 0 Å². The minimum atomic E-state index is 0.428. The number of aromatic nitrogens is 3. The van der Waals surface area contributed by atoms with Gasteiger partial charge in [-0.15, -0.1) is 16.7 Å². The lowest BCUT2D eigenvalue weighted by Gasteiger charge is -2.18. The van der Waals surface area contributed by atoms with Crippen LogP contribution in [-0.4, -0.2) is 51.2 Å². The Kier molecular flexibility index (Phi) is 11.2. The molecule has 0 bridgehead atoms. The van der Waals surface area contributed by atoms with Crippen LogP contribution >= 0.6 is 23.4 Å². The number of aliphatic imine (C=N–C) groups is 1. The van der Waals surface area contributed by atoms with E-state index in [1.165, 1.54) is 11.8 Å². The van der Waals surface area contributed by atoms with Crippen molar-refractivity contribution in [2.75, 3.05) is 26.5 Å². The lowest BCUT2D eigenvalue weighted by molar-refractivity contribution is 0.468. The Balaban J connectivity index is 0.00000254. The van der Waals surface area contributed by atoms with E-state index < -0.39 is 0 Å². The number of allylic oxidation sites excluding steroid dienone is 2. The van der Waals surface area contributed by atoms with Crippen LogP contribution in [0.1, 0.15) is 26.6 Å². The molecule has 24 heavy (non-hydrogen) atoms. The van der Waals surface area contributed by atoms with E-state index in [4.69, 9.17) is 11.6 Å². The molecule has 7 heteroatoms. The maximum absolute atomic E-state index is 5.77. The lowest BCUT2D eigenvalue weighted by Crippen LogP contribution is -2.18. The Morgan fingerprint density at radius 3 is 2.54 bits per heavy atom. The van der Waals surface area contributed by atoms with Crippen molar-refractivity contribution in [3.63, 3.8) is 0 Å². The fraction of sp³-hybridized carbons (Fsp3) is 0.471. The van der Waals surface area contributed by atoms with Crippen molar-refractivity contribution in [1.82, 2.24) is 19.7 Å². The second-order valence-corrected chi connectivity index (χ2v) is 6.11. The summed E-state index contributed by atoms with van der Waals surface area (Å²) >= 11 is 7.23. The minimum Gasteiger partial charge on any atom is -0.374 e. The topological polar surface area (TPSA) is 46.3 Å². The molecule has 1 rings (SSSR count). The molecule has 0 unspecified atom stereocenters. The molecule has 0 amide bonds. The summed E-state index contributed by atoms with van der Waals surface area (Å²) in [7, 11) is 5.51. The molecule has 0 aliphatic rings. The van der Waals surface area contributed by atoms with Gasteiger partial charge < -0.3 is 4.90 Å². The standard InChI is InChI=1S/C15H22ClN5S.C2H6/c1-11(7-8-20(5)12(2)9-16)13(3)22-15(17-4)14-18-10-21(6)19-14;1-2/h7,10H,2-3,8-9H2,1,4-6H3;1-2H3/b11-7+,17-15?;. The Hall–Kier alpha value is -1.53. The Morgan fingerprint density at radius 2 is 2.08 bits per heavy atom. The monoisotopic (exact) mass is 369 g/mol.